The van der Waals surface area contributed by atoms with Gasteiger partial charge in [0, 0.05) is 0 Å². The second-order valence-corrected chi connectivity index (χ2v) is 2.93. The van der Waals surface area contributed by atoms with Gasteiger partial charge in [-0.2, -0.15) is 0 Å². The van der Waals surface area contributed by atoms with Gasteiger partial charge in [-0.05, 0) is 19.9 Å². The topological polar surface area (TPSA) is 58.6 Å². The molecular weight excluding hydrogens is 146 g/mol. The highest BCUT2D eigenvalue weighted by Crippen LogP contribution is 2.20. The Bertz CT molecular complexity index is 171. The van der Waals surface area contributed by atoms with Gasteiger partial charge >= 0.3 is 5.97 Å². The smallest absolute Gasteiger partial charge is 0.328 e. The van der Waals surface area contributed by atoms with Crippen LogP contribution in [0.3, 0.4) is 0 Å². The van der Waals surface area contributed by atoms with E-state index in [1.165, 1.54) is 7.11 Å². The van der Waals surface area contributed by atoms with Crippen molar-refractivity contribution >= 4 is 5.97 Å². The van der Waals surface area contributed by atoms with E-state index in [4.69, 9.17) is 0 Å². The highest BCUT2D eigenvalue weighted by atomic mass is 16.5. The fourth-order valence-corrected chi connectivity index (χ4v) is 1.30. The van der Waals surface area contributed by atoms with Crippen molar-refractivity contribution in [1.29, 1.82) is 0 Å². The van der Waals surface area contributed by atoms with Gasteiger partial charge in [0.15, 0.2) is 0 Å². The summed E-state index contributed by atoms with van der Waals surface area (Å²) in [5.41, 5.74) is -0.894. The summed E-state index contributed by atoms with van der Waals surface area (Å²) >= 11 is 0. The molecule has 64 valence electrons. The maximum atomic E-state index is 11.1. The first-order chi connectivity index (χ1) is 5.11. The van der Waals surface area contributed by atoms with Gasteiger partial charge in [0.25, 0.3) is 0 Å². The van der Waals surface area contributed by atoms with Gasteiger partial charge in [0.1, 0.15) is 5.54 Å². The molecule has 1 aliphatic rings. The normalized spacial score (nSPS) is 37.2. The first-order valence-electron chi connectivity index (χ1n) is 3.63. The van der Waals surface area contributed by atoms with Crippen molar-refractivity contribution in [2.24, 2.45) is 0 Å². The molecule has 2 atom stereocenters. The van der Waals surface area contributed by atoms with Crippen LogP contribution in [0.2, 0.25) is 0 Å². The first kappa shape index (κ1) is 8.49. The van der Waals surface area contributed by atoms with Crippen LogP contribution in [0.1, 0.15) is 13.3 Å². The van der Waals surface area contributed by atoms with Crippen molar-refractivity contribution in [2.45, 2.75) is 25.0 Å². The Hall–Kier alpha value is -0.610. The number of methoxy groups -OCH3 is 1. The standard InChI is InChI=1S/C7H13NO3/c1-7(6(10)11-2)5(9)3-4-8-7/h5,8-9H,3-4H2,1-2H3. The van der Waals surface area contributed by atoms with Gasteiger partial charge < -0.3 is 9.84 Å². The third-order valence-electron chi connectivity index (χ3n) is 2.19. The molecule has 1 rings (SSSR count). The molecule has 1 aliphatic heterocycles. The van der Waals surface area contributed by atoms with Gasteiger partial charge in [-0.1, -0.05) is 0 Å². The number of aliphatic hydroxyl groups excluding tert-OH is 1. The van der Waals surface area contributed by atoms with E-state index in [1.54, 1.807) is 6.92 Å². The zero-order valence-corrected chi connectivity index (χ0v) is 6.76. The van der Waals surface area contributed by atoms with E-state index in [0.29, 0.717) is 13.0 Å². The molecule has 0 radical (unpaired) electrons. The second kappa shape index (κ2) is 2.79. The van der Waals surface area contributed by atoms with E-state index in [9.17, 15) is 9.90 Å². The predicted molar refractivity (Wildman–Crippen MR) is 39.0 cm³/mol. The Morgan fingerprint density at radius 3 is 2.82 bits per heavy atom. The van der Waals surface area contributed by atoms with Crippen LogP contribution < -0.4 is 5.32 Å². The molecule has 0 saturated carbocycles. The quantitative estimate of drug-likeness (QED) is 0.495. The highest BCUT2D eigenvalue weighted by Gasteiger charge is 2.44. The summed E-state index contributed by atoms with van der Waals surface area (Å²) in [7, 11) is 1.32. The van der Waals surface area contributed by atoms with Crippen LogP contribution in [-0.4, -0.2) is 36.4 Å². The zero-order valence-electron chi connectivity index (χ0n) is 6.76. The number of carbonyl (C=O) groups excluding carboxylic acids is 1. The van der Waals surface area contributed by atoms with Crippen LogP contribution in [-0.2, 0) is 9.53 Å². The van der Waals surface area contributed by atoms with Crippen LogP contribution in [0.4, 0.5) is 0 Å². The predicted octanol–water partition coefficient (Wildman–Crippen LogP) is -0.728. The number of nitrogens with one attached hydrogen (secondary N) is 1. The number of rotatable bonds is 1. The summed E-state index contributed by atoms with van der Waals surface area (Å²) in [5.74, 6) is -0.400. The molecule has 0 aliphatic carbocycles. The molecule has 2 unspecified atom stereocenters. The molecule has 0 aromatic carbocycles. The van der Waals surface area contributed by atoms with E-state index in [1.807, 2.05) is 0 Å². The number of hydrogen-bond donors (Lipinski definition) is 2. The van der Waals surface area contributed by atoms with E-state index < -0.39 is 17.6 Å². The van der Waals surface area contributed by atoms with Gasteiger partial charge in [-0.15, -0.1) is 0 Å². The average Bonchev–Trinajstić information content (AvgIpc) is 2.32. The number of hydrogen-bond acceptors (Lipinski definition) is 4. The zero-order chi connectivity index (χ0) is 8.48. The molecule has 4 heteroatoms. The lowest BCUT2D eigenvalue weighted by atomic mass is 9.97. The number of esters is 1. The second-order valence-electron chi connectivity index (χ2n) is 2.93. The van der Waals surface area contributed by atoms with Crippen molar-refractivity contribution in [3.63, 3.8) is 0 Å². The van der Waals surface area contributed by atoms with E-state index in [2.05, 4.69) is 10.1 Å². The lowest BCUT2D eigenvalue weighted by molar-refractivity contribution is -0.150. The molecule has 0 aromatic heterocycles. The minimum Gasteiger partial charge on any atom is -0.468 e. The monoisotopic (exact) mass is 159 g/mol. The Morgan fingerprint density at radius 1 is 1.82 bits per heavy atom. The van der Waals surface area contributed by atoms with Gasteiger partial charge in [-0.3, -0.25) is 5.32 Å². The molecule has 11 heavy (non-hydrogen) atoms. The van der Waals surface area contributed by atoms with Crippen molar-refractivity contribution in [1.82, 2.24) is 5.32 Å². The van der Waals surface area contributed by atoms with E-state index in [0.717, 1.165) is 0 Å². The van der Waals surface area contributed by atoms with Crippen molar-refractivity contribution in [3.05, 3.63) is 0 Å². The molecule has 0 bridgehead atoms. The number of carbonyl (C=O) groups is 1. The molecular formula is C7H13NO3. The van der Waals surface area contributed by atoms with E-state index >= 15 is 0 Å². The minimum atomic E-state index is -0.894. The van der Waals surface area contributed by atoms with Crippen LogP contribution in [0.15, 0.2) is 0 Å². The summed E-state index contributed by atoms with van der Waals surface area (Å²) in [6.07, 6.45) is -0.0269. The Balaban J connectivity index is 2.72. The highest BCUT2D eigenvalue weighted by molar-refractivity contribution is 5.81. The summed E-state index contributed by atoms with van der Waals surface area (Å²) in [4.78, 5) is 11.1. The maximum Gasteiger partial charge on any atom is 0.328 e. The van der Waals surface area contributed by atoms with Crippen molar-refractivity contribution < 1.29 is 14.6 Å². The number of ether oxygens (including phenoxy) is 1. The molecule has 1 fully saturated rings. The van der Waals surface area contributed by atoms with Gasteiger partial charge in [0.05, 0.1) is 13.2 Å². The minimum absolute atomic E-state index is 0.400. The van der Waals surface area contributed by atoms with Crippen molar-refractivity contribution in [2.75, 3.05) is 13.7 Å². The van der Waals surface area contributed by atoms with Gasteiger partial charge in [0.2, 0.25) is 0 Å². The van der Waals surface area contributed by atoms with Crippen LogP contribution in [0.5, 0.6) is 0 Å². The molecule has 4 nitrogen and oxygen atoms in total. The molecule has 1 heterocycles. The van der Waals surface area contributed by atoms with E-state index in [-0.39, 0.29) is 0 Å². The third kappa shape index (κ3) is 1.23. The Labute approximate surface area is 65.5 Å². The largest absolute Gasteiger partial charge is 0.468 e. The summed E-state index contributed by atoms with van der Waals surface area (Å²) < 4.78 is 4.55. The van der Waals surface area contributed by atoms with Crippen molar-refractivity contribution in [3.8, 4) is 0 Å². The Morgan fingerprint density at radius 2 is 2.45 bits per heavy atom. The summed E-state index contributed by atoms with van der Waals surface area (Å²) in [5, 5.41) is 12.3. The fraction of sp³-hybridized carbons (Fsp3) is 0.857. The molecule has 1 saturated heterocycles. The third-order valence-corrected chi connectivity index (χ3v) is 2.19. The average molecular weight is 159 g/mol. The molecule has 0 spiro atoms. The fourth-order valence-electron chi connectivity index (χ4n) is 1.30. The summed E-state index contributed by atoms with van der Waals surface area (Å²) in [6.45, 7) is 2.31. The molecule has 0 aromatic rings. The summed E-state index contributed by atoms with van der Waals surface area (Å²) in [6, 6.07) is 0. The van der Waals surface area contributed by atoms with Crippen LogP contribution >= 0.6 is 0 Å². The maximum absolute atomic E-state index is 11.1. The SMILES string of the molecule is COC(=O)C1(C)NCCC1O. The lowest BCUT2D eigenvalue weighted by Gasteiger charge is -2.24. The van der Waals surface area contributed by atoms with Crippen LogP contribution in [0, 0.1) is 0 Å². The van der Waals surface area contributed by atoms with Gasteiger partial charge in [-0.25, -0.2) is 4.79 Å². The lowest BCUT2D eigenvalue weighted by Crippen LogP contribution is -2.52. The van der Waals surface area contributed by atoms with Crippen LogP contribution in [0.25, 0.3) is 0 Å². The first-order valence-corrected chi connectivity index (χ1v) is 3.63. The number of aliphatic hydroxyl groups is 1. The molecule has 2 N–H and O–H groups in total. The Kier molecular flexibility index (Phi) is 2.15. The molecule has 0 amide bonds.